The summed E-state index contributed by atoms with van der Waals surface area (Å²) in [6, 6.07) is 0. The fourth-order valence-electron chi connectivity index (χ4n) is 3.14. The van der Waals surface area contributed by atoms with Crippen LogP contribution < -0.4 is 5.32 Å². The van der Waals surface area contributed by atoms with Crippen LogP contribution in [0.3, 0.4) is 0 Å². The summed E-state index contributed by atoms with van der Waals surface area (Å²) in [6.07, 6.45) is 6.18. The molecule has 2 heterocycles. The van der Waals surface area contributed by atoms with Crippen LogP contribution in [0.2, 0.25) is 0 Å². The van der Waals surface area contributed by atoms with E-state index in [2.05, 4.69) is 5.32 Å². The number of amides is 1. The molecule has 4 nitrogen and oxygen atoms in total. The van der Waals surface area contributed by atoms with Crippen LogP contribution in [0.25, 0.3) is 0 Å². The number of ether oxygens (including phenoxy) is 1. The first-order valence-corrected chi connectivity index (χ1v) is 7.34. The zero-order chi connectivity index (χ0) is 12.4. The van der Waals surface area contributed by atoms with E-state index in [1.54, 1.807) is 0 Å². The van der Waals surface area contributed by atoms with Gasteiger partial charge in [-0.25, -0.2) is 0 Å². The van der Waals surface area contributed by atoms with E-state index in [0.29, 0.717) is 12.0 Å². The lowest BCUT2D eigenvalue weighted by Gasteiger charge is -2.38. The molecule has 5 heteroatoms. The van der Waals surface area contributed by atoms with Gasteiger partial charge in [0.15, 0.2) is 0 Å². The van der Waals surface area contributed by atoms with Gasteiger partial charge in [0.1, 0.15) is 6.61 Å². The first-order valence-electron chi connectivity index (χ1n) is 7.34. The molecule has 0 aromatic carbocycles. The van der Waals surface area contributed by atoms with Crippen molar-refractivity contribution < 1.29 is 9.53 Å². The van der Waals surface area contributed by atoms with Crippen molar-refractivity contribution in [3.8, 4) is 0 Å². The van der Waals surface area contributed by atoms with E-state index in [4.69, 9.17) is 4.74 Å². The molecule has 19 heavy (non-hydrogen) atoms. The predicted molar refractivity (Wildman–Crippen MR) is 76.5 cm³/mol. The van der Waals surface area contributed by atoms with Crippen molar-refractivity contribution in [2.45, 2.75) is 32.1 Å². The maximum absolute atomic E-state index is 12.0. The topological polar surface area (TPSA) is 41.6 Å². The number of halogens is 1. The van der Waals surface area contributed by atoms with Crippen LogP contribution in [0.5, 0.6) is 0 Å². The van der Waals surface area contributed by atoms with Crippen molar-refractivity contribution in [1.29, 1.82) is 0 Å². The summed E-state index contributed by atoms with van der Waals surface area (Å²) in [5.74, 6) is 0.934. The smallest absolute Gasteiger partial charge is 0.248 e. The second-order valence-electron chi connectivity index (χ2n) is 6.27. The lowest BCUT2D eigenvalue weighted by molar-refractivity contribution is -0.138. The van der Waals surface area contributed by atoms with Gasteiger partial charge in [0.25, 0.3) is 0 Å². The van der Waals surface area contributed by atoms with Gasteiger partial charge in [0.05, 0.1) is 6.61 Å². The Morgan fingerprint density at radius 1 is 1.26 bits per heavy atom. The van der Waals surface area contributed by atoms with Crippen LogP contribution in [0.15, 0.2) is 0 Å². The SMILES string of the molecule is Cl.O=C(COCC1CC1)N1CCC2(CCNC2)CC1. The lowest BCUT2D eigenvalue weighted by atomic mass is 9.78. The maximum atomic E-state index is 12.0. The first-order chi connectivity index (χ1) is 8.77. The molecule has 3 aliphatic rings. The van der Waals surface area contributed by atoms with Crippen molar-refractivity contribution >= 4 is 18.3 Å². The summed E-state index contributed by atoms with van der Waals surface area (Å²) in [5.41, 5.74) is 0.492. The molecule has 1 aliphatic carbocycles. The van der Waals surface area contributed by atoms with Crippen LogP contribution in [-0.2, 0) is 9.53 Å². The number of carbonyl (C=O) groups is 1. The molecule has 0 atom stereocenters. The highest BCUT2D eigenvalue weighted by Gasteiger charge is 2.37. The summed E-state index contributed by atoms with van der Waals surface area (Å²) >= 11 is 0. The van der Waals surface area contributed by atoms with Gasteiger partial charge in [0, 0.05) is 19.6 Å². The Labute approximate surface area is 121 Å². The van der Waals surface area contributed by atoms with Gasteiger partial charge in [-0.15, -0.1) is 12.4 Å². The Balaban J connectivity index is 0.00000133. The standard InChI is InChI=1S/C14H24N2O2.ClH/c17-13(10-18-9-12-1-2-12)16-7-4-14(5-8-16)3-6-15-11-14;/h12,15H,1-11H2;1H. The molecule has 0 aromatic rings. The number of likely N-dealkylation sites (tertiary alicyclic amines) is 1. The van der Waals surface area contributed by atoms with Crippen LogP contribution in [-0.4, -0.2) is 50.2 Å². The summed E-state index contributed by atoms with van der Waals surface area (Å²) in [5, 5.41) is 3.45. The number of hydrogen-bond acceptors (Lipinski definition) is 3. The average molecular weight is 289 g/mol. The van der Waals surface area contributed by atoms with Crippen LogP contribution >= 0.6 is 12.4 Å². The summed E-state index contributed by atoms with van der Waals surface area (Å²) in [7, 11) is 0. The Hall–Kier alpha value is -0.320. The highest BCUT2D eigenvalue weighted by atomic mass is 35.5. The maximum Gasteiger partial charge on any atom is 0.248 e. The Kier molecular flexibility index (Phi) is 5.09. The summed E-state index contributed by atoms with van der Waals surface area (Å²) in [6.45, 7) is 5.22. The Morgan fingerprint density at radius 3 is 2.58 bits per heavy atom. The minimum atomic E-state index is 0. The zero-order valence-corrected chi connectivity index (χ0v) is 12.3. The second-order valence-corrected chi connectivity index (χ2v) is 6.27. The lowest BCUT2D eigenvalue weighted by Crippen LogP contribution is -2.45. The molecule has 2 saturated heterocycles. The largest absolute Gasteiger partial charge is 0.371 e. The van der Waals surface area contributed by atoms with E-state index in [1.165, 1.54) is 19.3 Å². The molecule has 2 aliphatic heterocycles. The first kappa shape index (κ1) is 15.1. The van der Waals surface area contributed by atoms with Gasteiger partial charge >= 0.3 is 0 Å². The predicted octanol–water partition coefficient (Wildman–Crippen LogP) is 1.44. The Morgan fingerprint density at radius 2 is 2.00 bits per heavy atom. The monoisotopic (exact) mass is 288 g/mol. The number of carbonyl (C=O) groups excluding carboxylic acids is 1. The second kappa shape index (κ2) is 6.42. The van der Waals surface area contributed by atoms with Gasteiger partial charge in [-0.1, -0.05) is 0 Å². The molecule has 1 saturated carbocycles. The van der Waals surface area contributed by atoms with Gasteiger partial charge in [-0.3, -0.25) is 4.79 Å². The highest BCUT2D eigenvalue weighted by molar-refractivity contribution is 5.85. The number of nitrogens with one attached hydrogen (secondary N) is 1. The molecular formula is C14H25ClN2O2. The van der Waals surface area contributed by atoms with Crippen molar-refractivity contribution in [3.63, 3.8) is 0 Å². The molecule has 3 fully saturated rings. The van der Waals surface area contributed by atoms with Crippen molar-refractivity contribution in [3.05, 3.63) is 0 Å². The number of rotatable bonds is 4. The normalized spacial score (nSPS) is 25.4. The average Bonchev–Trinajstić information content (AvgIpc) is 3.10. The van der Waals surface area contributed by atoms with Gasteiger partial charge in [-0.2, -0.15) is 0 Å². The molecule has 3 rings (SSSR count). The molecule has 1 N–H and O–H groups in total. The fourth-order valence-corrected chi connectivity index (χ4v) is 3.14. The molecule has 0 aromatic heterocycles. The van der Waals surface area contributed by atoms with Gasteiger partial charge in [-0.05, 0) is 50.0 Å². The Bertz CT molecular complexity index is 305. The molecule has 1 spiro atoms. The van der Waals surface area contributed by atoms with E-state index >= 15 is 0 Å². The number of hydrogen-bond donors (Lipinski definition) is 1. The third-order valence-corrected chi connectivity index (χ3v) is 4.78. The molecular weight excluding hydrogens is 264 g/mol. The summed E-state index contributed by atoms with van der Waals surface area (Å²) < 4.78 is 5.49. The van der Waals surface area contributed by atoms with Crippen LogP contribution in [0.4, 0.5) is 0 Å². The molecule has 1 amide bonds. The molecule has 0 bridgehead atoms. The van der Waals surface area contributed by atoms with Crippen LogP contribution in [0.1, 0.15) is 32.1 Å². The molecule has 0 unspecified atom stereocenters. The van der Waals surface area contributed by atoms with Gasteiger partial charge in [0.2, 0.25) is 5.91 Å². The number of piperidine rings is 1. The fraction of sp³-hybridized carbons (Fsp3) is 0.929. The van der Waals surface area contributed by atoms with E-state index < -0.39 is 0 Å². The van der Waals surface area contributed by atoms with E-state index in [9.17, 15) is 4.79 Å². The third kappa shape index (κ3) is 3.83. The van der Waals surface area contributed by atoms with Crippen LogP contribution in [0, 0.1) is 11.3 Å². The highest BCUT2D eigenvalue weighted by Crippen LogP contribution is 2.36. The van der Waals surface area contributed by atoms with E-state index in [1.807, 2.05) is 4.90 Å². The number of nitrogens with zero attached hydrogens (tertiary/aromatic N) is 1. The van der Waals surface area contributed by atoms with Gasteiger partial charge < -0.3 is 15.0 Å². The molecule has 110 valence electrons. The molecule has 0 radical (unpaired) electrons. The van der Waals surface area contributed by atoms with E-state index in [0.717, 1.165) is 51.5 Å². The zero-order valence-electron chi connectivity index (χ0n) is 11.5. The quantitative estimate of drug-likeness (QED) is 0.851. The van der Waals surface area contributed by atoms with E-state index in [-0.39, 0.29) is 18.3 Å². The summed E-state index contributed by atoms with van der Waals surface area (Å²) in [4.78, 5) is 14.0. The third-order valence-electron chi connectivity index (χ3n) is 4.78. The van der Waals surface area contributed by atoms with Crippen molar-refractivity contribution in [2.24, 2.45) is 11.3 Å². The van der Waals surface area contributed by atoms with Crippen molar-refractivity contribution in [2.75, 3.05) is 39.4 Å². The van der Waals surface area contributed by atoms with Crippen molar-refractivity contribution in [1.82, 2.24) is 10.2 Å². The minimum Gasteiger partial charge on any atom is -0.371 e. The minimum absolute atomic E-state index is 0.